The van der Waals surface area contributed by atoms with E-state index in [0.29, 0.717) is 11.1 Å². The molecule has 17 heavy (non-hydrogen) atoms. The number of phenols is 2. The molecule has 0 unspecified atom stereocenters. The summed E-state index contributed by atoms with van der Waals surface area (Å²) in [4.78, 5) is 0. The average Bonchev–Trinajstić information content (AvgIpc) is 2.33. The summed E-state index contributed by atoms with van der Waals surface area (Å²) in [6.07, 6.45) is 3.28. The maximum absolute atomic E-state index is 10.0. The molecule has 0 spiro atoms. The van der Waals surface area contributed by atoms with Crippen LogP contribution < -0.4 is 9.47 Å². The number of benzene rings is 1. The molecule has 0 aliphatic rings. The number of hydrogen-bond acceptors (Lipinski definition) is 4. The Balaban J connectivity index is 3.64. The van der Waals surface area contributed by atoms with Gasteiger partial charge < -0.3 is 19.7 Å². The second-order valence-corrected chi connectivity index (χ2v) is 3.40. The maximum atomic E-state index is 10.0. The van der Waals surface area contributed by atoms with Crippen molar-refractivity contribution in [3.63, 3.8) is 0 Å². The molecule has 0 amide bonds. The lowest BCUT2D eigenvalue weighted by molar-refractivity contribution is 0.315. The molecule has 2 N–H and O–H groups in total. The fourth-order valence-electron chi connectivity index (χ4n) is 1.53. The van der Waals surface area contributed by atoms with Crippen LogP contribution in [0.25, 0.3) is 6.08 Å². The van der Waals surface area contributed by atoms with Gasteiger partial charge in [-0.1, -0.05) is 0 Å². The summed E-state index contributed by atoms with van der Waals surface area (Å²) in [5.41, 5.74) is 3.81. The summed E-state index contributed by atoms with van der Waals surface area (Å²) in [6.45, 7) is 3.49. The van der Waals surface area contributed by atoms with Crippen LogP contribution in [0.1, 0.15) is 18.1 Å². The molecule has 0 radical (unpaired) electrons. The lowest BCUT2D eigenvalue weighted by atomic mass is 10.0. The van der Waals surface area contributed by atoms with Gasteiger partial charge in [0.1, 0.15) is 0 Å². The quantitative estimate of drug-likeness (QED) is 0.625. The van der Waals surface area contributed by atoms with E-state index in [9.17, 15) is 10.2 Å². The highest BCUT2D eigenvalue weighted by atomic mass is 16.5. The van der Waals surface area contributed by atoms with Crippen LogP contribution >= 0.6 is 0 Å². The predicted molar refractivity (Wildman–Crippen MR) is 65.8 cm³/mol. The molecule has 92 valence electrons. The summed E-state index contributed by atoms with van der Waals surface area (Å²) in [7, 11) is 2.80. The third kappa shape index (κ3) is 2.22. The van der Waals surface area contributed by atoms with Crippen molar-refractivity contribution in [2.45, 2.75) is 13.8 Å². The molecule has 1 aromatic rings. The van der Waals surface area contributed by atoms with E-state index in [1.54, 1.807) is 19.1 Å². The number of allylic oxidation sites excluding steroid dienone is 1. The van der Waals surface area contributed by atoms with Crippen molar-refractivity contribution >= 4 is 6.08 Å². The van der Waals surface area contributed by atoms with Gasteiger partial charge in [-0.15, -0.1) is 5.73 Å². The van der Waals surface area contributed by atoms with Crippen LogP contribution in [0.5, 0.6) is 23.0 Å². The molecule has 0 saturated carbocycles. The van der Waals surface area contributed by atoms with E-state index >= 15 is 0 Å². The molecule has 0 aromatic heterocycles. The average molecular weight is 236 g/mol. The van der Waals surface area contributed by atoms with Gasteiger partial charge in [-0.2, -0.15) is 0 Å². The van der Waals surface area contributed by atoms with Crippen LogP contribution in [-0.2, 0) is 0 Å². The Morgan fingerprint density at radius 2 is 1.59 bits per heavy atom. The Bertz CT molecular complexity index is 483. The molecule has 0 aliphatic carbocycles. The third-order valence-corrected chi connectivity index (χ3v) is 2.45. The van der Waals surface area contributed by atoms with E-state index in [1.165, 1.54) is 14.2 Å². The molecule has 1 rings (SSSR count). The maximum Gasteiger partial charge on any atom is 0.207 e. The number of ether oxygens (including phenoxy) is 2. The van der Waals surface area contributed by atoms with Gasteiger partial charge in [0.15, 0.2) is 11.5 Å². The van der Waals surface area contributed by atoms with Crippen LogP contribution in [0.3, 0.4) is 0 Å². The molecule has 4 heteroatoms. The minimum atomic E-state index is -0.0750. The highest BCUT2D eigenvalue weighted by Gasteiger charge is 2.21. The van der Waals surface area contributed by atoms with E-state index in [-0.39, 0.29) is 23.0 Å². The molecule has 0 atom stereocenters. The first-order chi connectivity index (χ1) is 8.08. The molecule has 1 aromatic carbocycles. The fraction of sp³-hybridized carbons (Fsp3) is 0.308. The zero-order chi connectivity index (χ0) is 13.0. The Hall–Kier alpha value is -2.06. The van der Waals surface area contributed by atoms with E-state index < -0.39 is 0 Å². The largest absolute Gasteiger partial charge is 0.504 e. The summed E-state index contributed by atoms with van der Waals surface area (Å²) >= 11 is 0. The monoisotopic (exact) mass is 236 g/mol. The minimum absolute atomic E-state index is 0.0497. The smallest absolute Gasteiger partial charge is 0.207 e. The van der Waals surface area contributed by atoms with Gasteiger partial charge >= 0.3 is 0 Å². The van der Waals surface area contributed by atoms with Gasteiger partial charge in [0.05, 0.1) is 14.2 Å². The Labute approximate surface area is 100 Å². The van der Waals surface area contributed by atoms with Crippen molar-refractivity contribution in [3.8, 4) is 23.0 Å². The predicted octanol–water partition coefficient (Wildman–Crippen LogP) is 2.61. The van der Waals surface area contributed by atoms with Gasteiger partial charge in [0, 0.05) is 11.1 Å². The standard InChI is InChI=1S/C13H16O4/c1-5-6-7-9-8(2)10(14)12(16-3)13(17-4)11(9)15/h5,7,14-15H,1-4H3. The van der Waals surface area contributed by atoms with Gasteiger partial charge in [-0.3, -0.25) is 0 Å². The molecular formula is C13H16O4. The number of phenolic OH excluding ortho intramolecular Hbond substituents is 2. The first-order valence-electron chi connectivity index (χ1n) is 5.12. The van der Waals surface area contributed by atoms with Crippen LogP contribution in [-0.4, -0.2) is 24.4 Å². The van der Waals surface area contributed by atoms with Crippen molar-refractivity contribution in [2.75, 3.05) is 14.2 Å². The summed E-state index contributed by atoms with van der Waals surface area (Å²) < 4.78 is 10.0. The summed E-state index contributed by atoms with van der Waals surface area (Å²) in [5.74, 6) is 0.111. The van der Waals surface area contributed by atoms with Crippen molar-refractivity contribution in [2.24, 2.45) is 0 Å². The normalized spacial score (nSPS) is 9.41. The Morgan fingerprint density at radius 3 is 2.06 bits per heavy atom. The highest BCUT2D eigenvalue weighted by molar-refractivity contribution is 5.73. The van der Waals surface area contributed by atoms with Crippen LogP contribution in [0.15, 0.2) is 11.8 Å². The lowest BCUT2D eigenvalue weighted by Crippen LogP contribution is -1.95. The fourth-order valence-corrected chi connectivity index (χ4v) is 1.53. The molecule has 0 saturated heterocycles. The molecular weight excluding hydrogens is 220 g/mol. The molecule has 4 nitrogen and oxygen atoms in total. The van der Waals surface area contributed by atoms with Crippen LogP contribution in [0.4, 0.5) is 0 Å². The van der Waals surface area contributed by atoms with Crippen molar-refractivity contribution in [3.05, 3.63) is 22.9 Å². The second kappa shape index (κ2) is 5.32. The van der Waals surface area contributed by atoms with E-state index in [4.69, 9.17) is 9.47 Å². The second-order valence-electron chi connectivity index (χ2n) is 3.40. The Kier molecular flexibility index (Phi) is 4.07. The first-order valence-corrected chi connectivity index (χ1v) is 5.12. The number of rotatable bonds is 3. The van der Waals surface area contributed by atoms with Gasteiger partial charge in [0.25, 0.3) is 0 Å². The topological polar surface area (TPSA) is 58.9 Å². The third-order valence-electron chi connectivity index (χ3n) is 2.45. The zero-order valence-corrected chi connectivity index (χ0v) is 10.4. The van der Waals surface area contributed by atoms with Gasteiger partial charge in [-0.05, 0) is 26.0 Å². The van der Waals surface area contributed by atoms with Crippen molar-refractivity contribution < 1.29 is 19.7 Å². The van der Waals surface area contributed by atoms with Crippen molar-refractivity contribution in [1.29, 1.82) is 0 Å². The molecule has 0 aliphatic heterocycles. The van der Waals surface area contributed by atoms with Crippen molar-refractivity contribution in [1.82, 2.24) is 0 Å². The lowest BCUT2D eigenvalue weighted by Gasteiger charge is -2.15. The van der Waals surface area contributed by atoms with Crippen LogP contribution in [0.2, 0.25) is 0 Å². The molecule has 0 heterocycles. The highest BCUT2D eigenvalue weighted by Crippen LogP contribution is 2.48. The SMILES string of the molecule is CC=C=Cc1c(C)c(O)c(OC)c(OC)c1O. The minimum Gasteiger partial charge on any atom is -0.504 e. The first kappa shape index (κ1) is 13.0. The van der Waals surface area contributed by atoms with E-state index in [0.717, 1.165) is 0 Å². The molecule has 0 fully saturated rings. The number of methoxy groups -OCH3 is 2. The Morgan fingerprint density at radius 1 is 1.06 bits per heavy atom. The van der Waals surface area contributed by atoms with Gasteiger partial charge in [-0.25, -0.2) is 0 Å². The van der Waals surface area contributed by atoms with Gasteiger partial charge in [0.2, 0.25) is 11.5 Å². The zero-order valence-electron chi connectivity index (χ0n) is 10.4. The molecule has 0 bridgehead atoms. The summed E-state index contributed by atoms with van der Waals surface area (Å²) in [5, 5.41) is 20.0. The summed E-state index contributed by atoms with van der Waals surface area (Å²) in [6, 6.07) is 0. The number of hydrogen-bond donors (Lipinski definition) is 2. The number of aromatic hydroxyl groups is 2. The van der Waals surface area contributed by atoms with E-state index in [1.807, 2.05) is 6.92 Å². The van der Waals surface area contributed by atoms with Crippen LogP contribution in [0, 0.1) is 6.92 Å². The van der Waals surface area contributed by atoms with E-state index in [2.05, 4.69) is 5.73 Å².